The summed E-state index contributed by atoms with van der Waals surface area (Å²) in [4.78, 5) is 12.6. The Morgan fingerprint density at radius 3 is 2.50 bits per heavy atom. The van der Waals surface area contributed by atoms with Crippen molar-refractivity contribution in [1.29, 1.82) is 0 Å². The van der Waals surface area contributed by atoms with Crippen molar-refractivity contribution in [2.45, 2.75) is 6.61 Å². The minimum absolute atomic E-state index is 0.227. The Labute approximate surface area is 205 Å². The molecule has 0 spiro atoms. The number of hydrogen-bond acceptors (Lipinski definition) is 5. The molecule has 4 nitrogen and oxygen atoms in total. The van der Waals surface area contributed by atoms with Gasteiger partial charge in [0.05, 0.1) is 17.0 Å². The molecule has 0 aliphatic carbocycles. The molecule has 1 fully saturated rings. The zero-order valence-corrected chi connectivity index (χ0v) is 20.0. The van der Waals surface area contributed by atoms with E-state index in [1.165, 1.54) is 11.8 Å². The van der Waals surface area contributed by atoms with Gasteiger partial charge in [-0.05, 0) is 41.5 Å². The van der Waals surface area contributed by atoms with Gasteiger partial charge < -0.3 is 14.8 Å². The highest BCUT2D eigenvalue weighted by atomic mass is 35.5. The third kappa shape index (κ3) is 5.10. The quantitative estimate of drug-likeness (QED) is 0.299. The first-order valence-corrected chi connectivity index (χ1v) is 11.5. The summed E-state index contributed by atoms with van der Waals surface area (Å²) >= 11 is 18.9. The number of hydrogen-bond donors (Lipinski definition) is 1. The maximum absolute atomic E-state index is 12.1. The fourth-order valence-electron chi connectivity index (χ4n) is 3.22. The number of amides is 1. The van der Waals surface area contributed by atoms with Crippen LogP contribution in [0.25, 0.3) is 17.2 Å². The number of halogens is 2. The van der Waals surface area contributed by atoms with Crippen molar-refractivity contribution in [2.75, 3.05) is 7.11 Å². The van der Waals surface area contributed by atoms with Crippen LogP contribution in [0.3, 0.4) is 0 Å². The van der Waals surface area contributed by atoms with Gasteiger partial charge in [0.2, 0.25) is 0 Å². The molecule has 1 aliphatic heterocycles. The van der Waals surface area contributed by atoms with Crippen LogP contribution in [0.15, 0.2) is 65.6 Å². The van der Waals surface area contributed by atoms with Crippen molar-refractivity contribution < 1.29 is 14.3 Å². The van der Waals surface area contributed by atoms with Crippen LogP contribution in [0, 0.1) is 0 Å². The Morgan fingerprint density at radius 1 is 1.06 bits per heavy atom. The van der Waals surface area contributed by atoms with E-state index in [9.17, 15) is 4.79 Å². The van der Waals surface area contributed by atoms with E-state index in [0.717, 1.165) is 22.3 Å². The van der Waals surface area contributed by atoms with Crippen LogP contribution in [0.1, 0.15) is 11.1 Å². The fourth-order valence-corrected chi connectivity index (χ4v) is 4.77. The zero-order valence-electron chi connectivity index (χ0n) is 16.9. The molecule has 1 N–H and O–H groups in total. The van der Waals surface area contributed by atoms with Gasteiger partial charge in [0.15, 0.2) is 11.5 Å². The Bertz CT molecular complexity index is 1230. The molecule has 1 heterocycles. The number of thiocarbonyl (C=S) groups is 1. The Balaban J connectivity index is 1.82. The summed E-state index contributed by atoms with van der Waals surface area (Å²) in [5.74, 6) is 0.832. The molecular formula is C24H17Cl2NO3S2. The maximum atomic E-state index is 12.1. The molecule has 1 saturated heterocycles. The second kappa shape index (κ2) is 9.96. The molecule has 0 radical (unpaired) electrons. The highest BCUT2D eigenvalue weighted by Gasteiger charge is 2.23. The molecule has 0 unspecified atom stereocenters. The second-order valence-electron chi connectivity index (χ2n) is 6.85. The molecule has 3 aromatic carbocycles. The van der Waals surface area contributed by atoms with Crippen molar-refractivity contribution in [1.82, 2.24) is 5.32 Å². The first-order chi connectivity index (χ1) is 15.4. The van der Waals surface area contributed by atoms with E-state index in [2.05, 4.69) is 5.32 Å². The molecule has 1 aliphatic rings. The average Bonchev–Trinajstić information content (AvgIpc) is 3.09. The van der Waals surface area contributed by atoms with Gasteiger partial charge in [-0.15, -0.1) is 0 Å². The van der Waals surface area contributed by atoms with Crippen LogP contribution in [0.2, 0.25) is 10.0 Å². The van der Waals surface area contributed by atoms with Gasteiger partial charge in [-0.3, -0.25) is 4.79 Å². The van der Waals surface area contributed by atoms with Gasteiger partial charge in [0.1, 0.15) is 10.9 Å². The highest BCUT2D eigenvalue weighted by Crippen LogP contribution is 2.43. The number of carbonyl (C=O) groups is 1. The third-order valence-electron chi connectivity index (χ3n) is 4.68. The maximum Gasteiger partial charge on any atom is 0.263 e. The molecule has 3 aromatic rings. The summed E-state index contributed by atoms with van der Waals surface area (Å²) in [5, 5.41) is 3.63. The summed E-state index contributed by atoms with van der Waals surface area (Å²) in [6, 6.07) is 18.8. The van der Waals surface area contributed by atoms with E-state index in [-0.39, 0.29) is 5.91 Å². The van der Waals surface area contributed by atoms with E-state index >= 15 is 0 Å². The monoisotopic (exact) mass is 501 g/mol. The van der Waals surface area contributed by atoms with E-state index in [4.69, 9.17) is 44.9 Å². The summed E-state index contributed by atoms with van der Waals surface area (Å²) < 4.78 is 12.3. The van der Waals surface area contributed by atoms with Crippen LogP contribution < -0.4 is 14.8 Å². The van der Waals surface area contributed by atoms with Crippen LogP contribution in [-0.4, -0.2) is 17.3 Å². The minimum Gasteiger partial charge on any atom is -0.493 e. The number of carbonyl (C=O) groups excluding carboxylic acids is 1. The largest absolute Gasteiger partial charge is 0.493 e. The topological polar surface area (TPSA) is 47.6 Å². The smallest absolute Gasteiger partial charge is 0.263 e. The van der Waals surface area contributed by atoms with Crippen LogP contribution >= 0.6 is 47.2 Å². The average molecular weight is 502 g/mol. The molecule has 162 valence electrons. The molecule has 4 rings (SSSR count). The number of methoxy groups -OCH3 is 1. The fraction of sp³-hybridized carbons (Fsp3) is 0.0833. The first kappa shape index (κ1) is 22.7. The van der Waals surface area contributed by atoms with Gasteiger partial charge >= 0.3 is 0 Å². The molecule has 0 saturated carbocycles. The van der Waals surface area contributed by atoms with Gasteiger partial charge in [0.25, 0.3) is 5.91 Å². The van der Waals surface area contributed by atoms with E-state index < -0.39 is 0 Å². The highest BCUT2D eigenvalue weighted by molar-refractivity contribution is 8.26. The lowest BCUT2D eigenvalue weighted by molar-refractivity contribution is -0.115. The first-order valence-electron chi connectivity index (χ1n) is 9.53. The van der Waals surface area contributed by atoms with Gasteiger partial charge in [-0.2, -0.15) is 0 Å². The zero-order chi connectivity index (χ0) is 22.7. The lowest BCUT2D eigenvalue weighted by Crippen LogP contribution is -2.17. The summed E-state index contributed by atoms with van der Waals surface area (Å²) in [6.45, 7) is 0.350. The number of ether oxygens (including phenoxy) is 2. The van der Waals surface area contributed by atoms with Crippen molar-refractivity contribution in [3.05, 3.63) is 86.7 Å². The van der Waals surface area contributed by atoms with Crippen LogP contribution in [0.4, 0.5) is 0 Å². The summed E-state index contributed by atoms with van der Waals surface area (Å²) in [7, 11) is 1.57. The number of nitrogens with one attached hydrogen (secondary N) is 1. The number of rotatable bonds is 6. The lowest BCUT2D eigenvalue weighted by Gasteiger charge is -2.18. The van der Waals surface area contributed by atoms with Gasteiger partial charge in [-0.1, -0.05) is 83.6 Å². The van der Waals surface area contributed by atoms with Crippen LogP contribution in [0.5, 0.6) is 11.5 Å². The van der Waals surface area contributed by atoms with E-state index in [0.29, 0.717) is 37.4 Å². The standard InChI is InChI=1S/C24H17Cl2NO3S2/c1-29-20-10-15(11-21-23(28)27-24(31)32-21)9-18(17-8-7-16(25)12-19(17)26)22(20)30-13-14-5-3-2-4-6-14/h2-12H,13H2,1H3,(H,27,28,31)/b21-11-. The van der Waals surface area contributed by atoms with Gasteiger partial charge in [0, 0.05) is 16.1 Å². The SMILES string of the molecule is COc1cc(/C=C2\SC(=S)NC2=O)cc(-c2ccc(Cl)cc2Cl)c1OCc1ccccc1. The molecule has 1 amide bonds. The lowest BCUT2D eigenvalue weighted by atomic mass is 10.0. The van der Waals surface area contributed by atoms with Crippen molar-refractivity contribution in [3.8, 4) is 22.6 Å². The van der Waals surface area contributed by atoms with Crippen LogP contribution in [-0.2, 0) is 11.4 Å². The van der Waals surface area contributed by atoms with Crippen molar-refractivity contribution in [2.24, 2.45) is 0 Å². The predicted molar refractivity (Wildman–Crippen MR) is 136 cm³/mol. The number of thioether (sulfide) groups is 1. The molecule has 32 heavy (non-hydrogen) atoms. The summed E-state index contributed by atoms with van der Waals surface area (Å²) in [6.07, 6.45) is 1.76. The van der Waals surface area contributed by atoms with E-state index in [1.54, 1.807) is 25.3 Å². The van der Waals surface area contributed by atoms with Crippen molar-refractivity contribution >= 4 is 63.5 Å². The molecule has 0 atom stereocenters. The Kier molecular flexibility index (Phi) is 7.06. The van der Waals surface area contributed by atoms with Crippen molar-refractivity contribution in [3.63, 3.8) is 0 Å². The third-order valence-corrected chi connectivity index (χ3v) is 6.39. The Hall–Kier alpha value is -2.51. The van der Waals surface area contributed by atoms with Gasteiger partial charge in [-0.25, -0.2) is 0 Å². The molecule has 0 bridgehead atoms. The predicted octanol–water partition coefficient (Wildman–Crippen LogP) is 6.74. The second-order valence-corrected chi connectivity index (χ2v) is 9.41. The molecular weight excluding hydrogens is 485 g/mol. The molecule has 0 aromatic heterocycles. The normalized spacial score (nSPS) is 14.5. The minimum atomic E-state index is -0.227. The van der Waals surface area contributed by atoms with E-state index in [1.807, 2.05) is 48.5 Å². The Morgan fingerprint density at radius 2 is 1.84 bits per heavy atom. The number of benzene rings is 3. The molecule has 8 heteroatoms. The summed E-state index contributed by atoms with van der Waals surface area (Å²) in [5.41, 5.74) is 3.22.